The summed E-state index contributed by atoms with van der Waals surface area (Å²) in [5.41, 5.74) is 1.16. The minimum atomic E-state index is -0.809. The van der Waals surface area contributed by atoms with Gasteiger partial charge in [0, 0.05) is 10.9 Å². The zero-order chi connectivity index (χ0) is 15.2. The monoisotopic (exact) mass is 310 g/mol. The minimum Gasteiger partial charge on any atom is -0.481 e. The fourth-order valence-corrected chi connectivity index (χ4v) is 3.59. The fourth-order valence-electron chi connectivity index (χ4n) is 2.74. The van der Waals surface area contributed by atoms with Crippen molar-refractivity contribution in [3.63, 3.8) is 0 Å². The van der Waals surface area contributed by atoms with Gasteiger partial charge in [-0.2, -0.15) is 0 Å². The lowest BCUT2D eigenvalue weighted by Crippen LogP contribution is -2.47. The third kappa shape index (κ3) is 4.46. The predicted octanol–water partition coefficient (Wildman–Crippen LogP) is 2.89. The average Bonchev–Trinajstić information content (AvgIpc) is 2.70. The summed E-state index contributed by atoms with van der Waals surface area (Å²) in [5.74, 6) is -1.28. The van der Waals surface area contributed by atoms with Crippen LogP contribution in [0.2, 0.25) is 0 Å². The molecule has 21 heavy (non-hydrogen) atoms. The van der Waals surface area contributed by atoms with Gasteiger partial charge in [0.15, 0.2) is 0 Å². The largest absolute Gasteiger partial charge is 0.481 e. The average molecular weight is 310 g/mol. The van der Waals surface area contributed by atoms with Crippen LogP contribution < -0.4 is 10.6 Å². The van der Waals surface area contributed by atoms with Gasteiger partial charge in [0.25, 0.3) is 0 Å². The van der Waals surface area contributed by atoms with Crippen molar-refractivity contribution in [1.82, 2.24) is 10.6 Å². The number of aliphatic carboxylic acids is 1. The van der Waals surface area contributed by atoms with E-state index in [0.717, 1.165) is 36.1 Å². The standard InChI is InChI=1S/C15H22N2O3S/c1-10-7-8-21-13(10)9-16-15(20)17-12-6-4-2-3-5-11(12)14(18)19/h7-8,11-12H,2-6,9H2,1H3,(H,18,19)(H2,16,17,20). The highest BCUT2D eigenvalue weighted by molar-refractivity contribution is 7.10. The van der Waals surface area contributed by atoms with Gasteiger partial charge in [0.05, 0.1) is 12.5 Å². The van der Waals surface area contributed by atoms with Crippen molar-refractivity contribution in [3.8, 4) is 0 Å². The Morgan fingerprint density at radius 3 is 2.76 bits per heavy atom. The van der Waals surface area contributed by atoms with E-state index in [4.69, 9.17) is 0 Å². The van der Waals surface area contributed by atoms with E-state index in [1.807, 2.05) is 18.4 Å². The van der Waals surface area contributed by atoms with Crippen molar-refractivity contribution in [2.45, 2.75) is 51.6 Å². The number of aryl methyl sites for hydroxylation is 1. The summed E-state index contributed by atoms with van der Waals surface area (Å²) < 4.78 is 0. The maximum atomic E-state index is 12.0. The van der Waals surface area contributed by atoms with Crippen molar-refractivity contribution in [1.29, 1.82) is 0 Å². The Morgan fingerprint density at radius 1 is 1.33 bits per heavy atom. The van der Waals surface area contributed by atoms with E-state index in [0.29, 0.717) is 13.0 Å². The van der Waals surface area contributed by atoms with Crippen molar-refractivity contribution >= 4 is 23.3 Å². The first-order valence-electron chi connectivity index (χ1n) is 7.38. The van der Waals surface area contributed by atoms with Gasteiger partial charge < -0.3 is 15.7 Å². The quantitative estimate of drug-likeness (QED) is 0.748. The normalized spacial score (nSPS) is 22.3. The Bertz CT molecular complexity index is 501. The highest BCUT2D eigenvalue weighted by Crippen LogP contribution is 2.23. The third-order valence-corrected chi connectivity index (χ3v) is 5.05. The molecule has 1 aromatic heterocycles. The number of thiophene rings is 1. The summed E-state index contributed by atoms with van der Waals surface area (Å²) in [6.45, 7) is 2.50. The highest BCUT2D eigenvalue weighted by atomic mass is 32.1. The summed E-state index contributed by atoms with van der Waals surface area (Å²) in [4.78, 5) is 24.4. The molecule has 0 aliphatic heterocycles. The van der Waals surface area contributed by atoms with Gasteiger partial charge in [0.2, 0.25) is 0 Å². The third-order valence-electron chi connectivity index (χ3n) is 4.03. The first kappa shape index (κ1) is 15.8. The van der Waals surface area contributed by atoms with E-state index in [1.165, 1.54) is 0 Å². The van der Waals surface area contributed by atoms with Crippen LogP contribution in [0.4, 0.5) is 4.79 Å². The van der Waals surface area contributed by atoms with E-state index in [2.05, 4.69) is 10.6 Å². The summed E-state index contributed by atoms with van der Waals surface area (Å²) in [7, 11) is 0. The van der Waals surface area contributed by atoms with Crippen LogP contribution in [0.5, 0.6) is 0 Å². The van der Waals surface area contributed by atoms with Gasteiger partial charge in [-0.3, -0.25) is 4.79 Å². The molecular weight excluding hydrogens is 288 g/mol. The fraction of sp³-hybridized carbons (Fsp3) is 0.600. The first-order valence-corrected chi connectivity index (χ1v) is 8.26. The van der Waals surface area contributed by atoms with E-state index < -0.39 is 11.9 Å². The van der Waals surface area contributed by atoms with Crippen LogP contribution in [0.25, 0.3) is 0 Å². The number of hydrogen-bond donors (Lipinski definition) is 3. The van der Waals surface area contributed by atoms with Crippen molar-refractivity contribution in [2.24, 2.45) is 5.92 Å². The number of carboxylic acids is 1. The van der Waals surface area contributed by atoms with E-state index >= 15 is 0 Å². The molecule has 0 aromatic carbocycles. The van der Waals surface area contributed by atoms with Gasteiger partial charge in [-0.25, -0.2) is 4.79 Å². The number of nitrogens with one attached hydrogen (secondary N) is 2. The van der Waals surface area contributed by atoms with Gasteiger partial charge in [-0.15, -0.1) is 11.3 Å². The Morgan fingerprint density at radius 2 is 2.10 bits per heavy atom. The van der Waals surface area contributed by atoms with Crippen molar-refractivity contribution in [2.75, 3.05) is 0 Å². The predicted molar refractivity (Wildman–Crippen MR) is 82.4 cm³/mol. The Balaban J connectivity index is 1.87. The van der Waals surface area contributed by atoms with Crippen LogP contribution in [0.3, 0.4) is 0 Å². The number of amides is 2. The number of carbonyl (C=O) groups is 2. The zero-order valence-corrected chi connectivity index (χ0v) is 13.0. The second kappa shape index (κ2) is 7.45. The van der Waals surface area contributed by atoms with Gasteiger partial charge in [-0.1, -0.05) is 19.3 Å². The molecule has 2 unspecified atom stereocenters. The van der Waals surface area contributed by atoms with Crippen LogP contribution in [0.15, 0.2) is 11.4 Å². The van der Waals surface area contributed by atoms with E-state index in [1.54, 1.807) is 11.3 Å². The Hall–Kier alpha value is -1.56. The lowest BCUT2D eigenvalue weighted by atomic mass is 9.95. The molecule has 0 spiro atoms. The summed E-state index contributed by atoms with van der Waals surface area (Å²) in [6, 6.07) is 1.47. The Labute approximate surface area is 128 Å². The summed E-state index contributed by atoms with van der Waals surface area (Å²) in [5, 5.41) is 17.0. The smallest absolute Gasteiger partial charge is 0.315 e. The molecule has 2 amide bonds. The number of carbonyl (C=O) groups excluding carboxylic acids is 1. The molecule has 1 saturated carbocycles. The molecule has 1 fully saturated rings. The van der Waals surface area contributed by atoms with Crippen LogP contribution in [-0.4, -0.2) is 23.1 Å². The first-order chi connectivity index (χ1) is 10.1. The molecule has 1 aromatic rings. The maximum Gasteiger partial charge on any atom is 0.315 e. The highest BCUT2D eigenvalue weighted by Gasteiger charge is 2.30. The molecule has 0 saturated heterocycles. The zero-order valence-electron chi connectivity index (χ0n) is 12.2. The summed E-state index contributed by atoms with van der Waals surface area (Å²) in [6.07, 6.45) is 4.31. The van der Waals surface area contributed by atoms with Gasteiger partial charge in [-0.05, 0) is 36.8 Å². The molecule has 2 atom stereocenters. The number of hydrogen-bond acceptors (Lipinski definition) is 3. The molecule has 6 heteroatoms. The van der Waals surface area contributed by atoms with Gasteiger partial charge >= 0.3 is 12.0 Å². The molecule has 1 heterocycles. The van der Waals surface area contributed by atoms with E-state index in [9.17, 15) is 14.7 Å². The molecule has 3 N–H and O–H groups in total. The summed E-state index contributed by atoms with van der Waals surface area (Å²) >= 11 is 1.61. The molecule has 5 nitrogen and oxygen atoms in total. The van der Waals surface area contributed by atoms with Crippen LogP contribution >= 0.6 is 11.3 Å². The molecule has 0 radical (unpaired) electrons. The Kier molecular flexibility index (Phi) is 5.61. The SMILES string of the molecule is Cc1ccsc1CNC(=O)NC1CCCCCC1C(=O)O. The molecule has 0 bridgehead atoms. The van der Waals surface area contributed by atoms with Crippen molar-refractivity contribution < 1.29 is 14.7 Å². The number of urea groups is 1. The van der Waals surface area contributed by atoms with Crippen LogP contribution in [0, 0.1) is 12.8 Å². The van der Waals surface area contributed by atoms with Gasteiger partial charge in [0.1, 0.15) is 0 Å². The number of carboxylic acid groups (broad SMARTS) is 1. The molecule has 1 aliphatic carbocycles. The number of rotatable bonds is 4. The van der Waals surface area contributed by atoms with Crippen LogP contribution in [0.1, 0.15) is 42.5 Å². The molecular formula is C15H22N2O3S. The molecule has 2 rings (SSSR count). The maximum absolute atomic E-state index is 12.0. The second-order valence-electron chi connectivity index (χ2n) is 5.54. The van der Waals surface area contributed by atoms with Crippen molar-refractivity contribution in [3.05, 3.63) is 21.9 Å². The second-order valence-corrected chi connectivity index (χ2v) is 6.54. The lowest BCUT2D eigenvalue weighted by Gasteiger charge is -2.23. The lowest BCUT2D eigenvalue weighted by molar-refractivity contribution is -0.142. The van der Waals surface area contributed by atoms with Crippen LogP contribution in [-0.2, 0) is 11.3 Å². The molecule has 1 aliphatic rings. The molecule has 116 valence electrons. The van der Waals surface area contributed by atoms with E-state index in [-0.39, 0.29) is 12.1 Å². The minimum absolute atomic E-state index is 0.269. The topological polar surface area (TPSA) is 78.4 Å².